The van der Waals surface area contributed by atoms with Gasteiger partial charge < -0.3 is 15.4 Å². The number of allylic oxidation sites excluding steroid dienone is 1. The molecule has 0 saturated heterocycles. The molecule has 0 aliphatic heterocycles. The van der Waals surface area contributed by atoms with Crippen LogP contribution in [-0.2, 0) is 11.1 Å². The number of hydrogen-bond donors (Lipinski definition) is 4. The summed E-state index contributed by atoms with van der Waals surface area (Å²) < 4.78 is 19.5. The number of phenols is 1. The molecule has 4 N–H and O–H groups in total. The third kappa shape index (κ3) is 3.36. The summed E-state index contributed by atoms with van der Waals surface area (Å²) in [6, 6.07) is 3.18. The number of aromatic hydroxyl groups is 1. The van der Waals surface area contributed by atoms with Crippen LogP contribution in [0.4, 0.5) is 0 Å². The lowest BCUT2D eigenvalue weighted by atomic mass is 10.0. The number of nitrogens with two attached hydrogens (primary N) is 1. The van der Waals surface area contributed by atoms with E-state index in [-0.39, 0.29) is 16.4 Å². The minimum absolute atomic E-state index is 0.0275. The smallest absolute Gasteiger partial charge is 0.185 e. The fourth-order valence-electron chi connectivity index (χ4n) is 1.42. The van der Waals surface area contributed by atoms with E-state index in [0.29, 0.717) is 10.5 Å². The lowest BCUT2D eigenvalue weighted by molar-refractivity contribution is 0.471. The summed E-state index contributed by atoms with van der Waals surface area (Å²) in [5.74, 6) is -0.0275. The Kier molecular flexibility index (Phi) is 4.39. The van der Waals surface area contributed by atoms with Crippen LogP contribution in [0.15, 0.2) is 34.6 Å². The van der Waals surface area contributed by atoms with Crippen LogP contribution in [0.5, 0.6) is 5.75 Å². The minimum atomic E-state index is -2.17. The second-order valence-corrected chi connectivity index (χ2v) is 5.01. The number of phenolic OH excluding ortho intramolecular Hbond substituents is 1. The van der Waals surface area contributed by atoms with Crippen LogP contribution < -0.4 is 5.73 Å². The summed E-state index contributed by atoms with van der Waals surface area (Å²) >= 11 is 1.95. The molecule has 0 spiro atoms. The molecule has 0 amide bonds. The van der Waals surface area contributed by atoms with Crippen molar-refractivity contribution in [1.29, 1.82) is 0 Å². The summed E-state index contributed by atoms with van der Waals surface area (Å²) in [4.78, 5) is 0.581. The zero-order valence-corrected chi connectivity index (χ0v) is 10.9. The molecule has 0 aliphatic carbocycles. The Morgan fingerprint density at radius 1 is 1.59 bits per heavy atom. The predicted molar refractivity (Wildman–Crippen MR) is 72.2 cm³/mol. The van der Waals surface area contributed by atoms with Gasteiger partial charge in [-0.1, -0.05) is 6.58 Å². The van der Waals surface area contributed by atoms with Crippen LogP contribution in [0, 0.1) is 6.92 Å². The summed E-state index contributed by atoms with van der Waals surface area (Å²) in [7, 11) is 0. The first kappa shape index (κ1) is 13.8. The van der Waals surface area contributed by atoms with Gasteiger partial charge >= 0.3 is 0 Å². The Morgan fingerprint density at radius 3 is 2.65 bits per heavy atom. The van der Waals surface area contributed by atoms with Crippen LogP contribution in [0.3, 0.4) is 0 Å². The van der Waals surface area contributed by atoms with Crippen LogP contribution >= 0.6 is 12.6 Å². The first-order chi connectivity index (χ1) is 7.82. The molecule has 0 bridgehead atoms. The number of thiol groups is 1. The van der Waals surface area contributed by atoms with E-state index in [1.165, 1.54) is 12.1 Å². The molecular formula is C11H13NO3S2. The Labute approximate surface area is 108 Å². The molecule has 92 valence electrons. The van der Waals surface area contributed by atoms with Crippen LogP contribution in [-0.4, -0.2) is 13.9 Å². The Morgan fingerprint density at radius 2 is 2.18 bits per heavy atom. The van der Waals surface area contributed by atoms with E-state index in [9.17, 15) is 9.32 Å². The second-order valence-electron chi connectivity index (χ2n) is 3.47. The van der Waals surface area contributed by atoms with Gasteiger partial charge in [0.05, 0.1) is 4.91 Å². The average Bonchev–Trinajstić information content (AvgIpc) is 2.15. The van der Waals surface area contributed by atoms with Crippen molar-refractivity contribution >= 4 is 29.4 Å². The standard InChI is InChI=1S/C11H13NO3S2/c1-6-3-8(16)5-10(13)11(6)9(12)4-7(2)17(14)15/h3-5,13,16H,2,12H2,1H3,(H,14,15)/b9-4+. The third-order valence-electron chi connectivity index (χ3n) is 2.13. The normalized spacial score (nSPS) is 13.5. The number of benzene rings is 1. The van der Waals surface area contributed by atoms with Crippen LogP contribution in [0.2, 0.25) is 0 Å². The van der Waals surface area contributed by atoms with Crippen molar-refractivity contribution in [2.45, 2.75) is 11.8 Å². The third-order valence-corrected chi connectivity index (χ3v) is 2.95. The van der Waals surface area contributed by atoms with E-state index in [1.807, 2.05) is 0 Å². The van der Waals surface area contributed by atoms with Gasteiger partial charge in [0.25, 0.3) is 0 Å². The maximum Gasteiger partial charge on any atom is 0.185 e. The second kappa shape index (κ2) is 5.39. The van der Waals surface area contributed by atoms with Crippen molar-refractivity contribution in [3.63, 3.8) is 0 Å². The highest BCUT2D eigenvalue weighted by Crippen LogP contribution is 2.29. The average molecular weight is 271 g/mol. The van der Waals surface area contributed by atoms with Crippen LogP contribution in [0.25, 0.3) is 5.70 Å². The molecule has 4 nitrogen and oxygen atoms in total. The van der Waals surface area contributed by atoms with Gasteiger partial charge in [-0.15, -0.1) is 12.6 Å². The fraction of sp³-hybridized carbons (Fsp3) is 0.0909. The Balaban J connectivity index is 3.26. The maximum atomic E-state index is 10.7. The lowest BCUT2D eigenvalue weighted by Crippen LogP contribution is -2.01. The molecule has 17 heavy (non-hydrogen) atoms. The Hall–Kier alpha value is -1.24. The van der Waals surface area contributed by atoms with Gasteiger partial charge in [0.2, 0.25) is 0 Å². The summed E-state index contributed by atoms with van der Waals surface area (Å²) in [5.41, 5.74) is 7.07. The molecule has 0 aromatic heterocycles. The van der Waals surface area contributed by atoms with E-state index in [4.69, 9.17) is 10.3 Å². The molecule has 0 saturated carbocycles. The van der Waals surface area contributed by atoms with Crippen LogP contribution in [0.1, 0.15) is 11.1 Å². The topological polar surface area (TPSA) is 83.5 Å². The van der Waals surface area contributed by atoms with Gasteiger partial charge in [-0.25, -0.2) is 4.21 Å². The maximum absolute atomic E-state index is 10.7. The van der Waals surface area contributed by atoms with E-state index in [1.54, 1.807) is 13.0 Å². The summed E-state index contributed by atoms with van der Waals surface area (Å²) in [6.45, 7) is 5.15. The molecule has 0 aliphatic rings. The van der Waals surface area contributed by atoms with E-state index in [2.05, 4.69) is 19.2 Å². The predicted octanol–water partition coefficient (Wildman–Crippen LogP) is 2.02. The van der Waals surface area contributed by atoms with Crippen molar-refractivity contribution in [1.82, 2.24) is 0 Å². The summed E-state index contributed by atoms with van der Waals surface area (Å²) in [5, 5.41) is 9.76. The van der Waals surface area contributed by atoms with Gasteiger partial charge in [-0.2, -0.15) is 0 Å². The number of rotatable bonds is 3. The SMILES string of the molecule is C=C(/C=C(/N)c1c(C)cc(S)cc1O)S(=O)O. The molecule has 0 radical (unpaired) electrons. The first-order valence-electron chi connectivity index (χ1n) is 4.62. The monoisotopic (exact) mass is 271 g/mol. The van der Waals surface area contributed by atoms with E-state index in [0.717, 1.165) is 5.56 Å². The van der Waals surface area contributed by atoms with Gasteiger partial charge in [-0.3, -0.25) is 0 Å². The van der Waals surface area contributed by atoms with Crippen molar-refractivity contribution in [3.8, 4) is 5.75 Å². The van der Waals surface area contributed by atoms with Crippen molar-refractivity contribution in [2.75, 3.05) is 0 Å². The number of hydrogen-bond acceptors (Lipinski definition) is 4. The molecular weight excluding hydrogens is 258 g/mol. The molecule has 1 atom stereocenters. The van der Waals surface area contributed by atoms with Gasteiger partial charge in [0.1, 0.15) is 5.75 Å². The lowest BCUT2D eigenvalue weighted by Gasteiger charge is -2.10. The fourth-order valence-corrected chi connectivity index (χ4v) is 1.97. The Bertz CT molecular complexity index is 500. The molecule has 1 aromatic rings. The molecule has 0 heterocycles. The van der Waals surface area contributed by atoms with Gasteiger partial charge in [0, 0.05) is 16.2 Å². The zero-order chi connectivity index (χ0) is 13.2. The van der Waals surface area contributed by atoms with Crippen molar-refractivity contribution in [3.05, 3.63) is 40.8 Å². The highest BCUT2D eigenvalue weighted by atomic mass is 32.2. The molecule has 1 aromatic carbocycles. The molecule has 1 rings (SSSR count). The first-order valence-corrected chi connectivity index (χ1v) is 6.18. The van der Waals surface area contributed by atoms with Crippen molar-refractivity contribution in [2.24, 2.45) is 5.73 Å². The zero-order valence-electron chi connectivity index (χ0n) is 9.17. The quantitative estimate of drug-likeness (QED) is 0.385. The van der Waals surface area contributed by atoms with Gasteiger partial charge in [-0.05, 0) is 30.7 Å². The molecule has 1 unspecified atom stereocenters. The van der Waals surface area contributed by atoms with E-state index >= 15 is 0 Å². The number of aryl methyl sites for hydroxylation is 1. The minimum Gasteiger partial charge on any atom is -0.507 e. The van der Waals surface area contributed by atoms with Gasteiger partial charge in [0.15, 0.2) is 11.1 Å². The highest BCUT2D eigenvalue weighted by molar-refractivity contribution is 7.83. The van der Waals surface area contributed by atoms with Crippen molar-refractivity contribution < 1.29 is 13.9 Å². The largest absolute Gasteiger partial charge is 0.507 e. The highest BCUT2D eigenvalue weighted by Gasteiger charge is 2.10. The summed E-state index contributed by atoms with van der Waals surface area (Å²) in [6.07, 6.45) is 1.26. The molecule has 0 fully saturated rings. The molecule has 6 heteroatoms. The van der Waals surface area contributed by atoms with E-state index < -0.39 is 11.1 Å².